The maximum atomic E-state index is 12.6. The molecule has 0 atom stereocenters. The predicted octanol–water partition coefficient (Wildman–Crippen LogP) is 3.88. The number of nitrogens with zero attached hydrogens (tertiary/aromatic N) is 1. The highest BCUT2D eigenvalue weighted by atomic mass is 79.9. The molecule has 0 unspecified atom stereocenters. The lowest BCUT2D eigenvalue weighted by Gasteiger charge is -2.00. The van der Waals surface area contributed by atoms with Gasteiger partial charge in [-0.2, -0.15) is 13.2 Å². The summed E-state index contributed by atoms with van der Waals surface area (Å²) in [5, 5.41) is 10.3. The number of halogens is 4. The molecule has 0 saturated heterocycles. The second-order valence-corrected chi connectivity index (χ2v) is 4.87. The van der Waals surface area contributed by atoms with Gasteiger partial charge in [-0.15, -0.1) is 11.3 Å². The van der Waals surface area contributed by atoms with Gasteiger partial charge in [0.15, 0.2) is 5.69 Å². The molecule has 0 aliphatic rings. The van der Waals surface area contributed by atoms with Crippen molar-refractivity contribution in [3.05, 3.63) is 27.4 Å². The minimum atomic E-state index is -4.88. The Morgan fingerprint density at radius 2 is 2.17 bits per heavy atom. The summed E-state index contributed by atoms with van der Waals surface area (Å²) in [6.45, 7) is 0. The van der Waals surface area contributed by atoms with Gasteiger partial charge in [-0.25, -0.2) is 9.78 Å². The van der Waals surface area contributed by atoms with Gasteiger partial charge < -0.3 is 9.52 Å². The fraction of sp³-hybridized carbons (Fsp3) is 0.111. The molecule has 2 aromatic heterocycles. The van der Waals surface area contributed by atoms with Gasteiger partial charge >= 0.3 is 12.1 Å². The fourth-order valence-electron chi connectivity index (χ4n) is 1.20. The second-order valence-electron chi connectivity index (χ2n) is 3.10. The first-order valence-electron chi connectivity index (χ1n) is 4.35. The summed E-state index contributed by atoms with van der Waals surface area (Å²) >= 11 is 4.19. The van der Waals surface area contributed by atoms with E-state index in [0.717, 1.165) is 11.3 Å². The van der Waals surface area contributed by atoms with Crippen LogP contribution in [-0.2, 0) is 6.18 Å². The van der Waals surface area contributed by atoms with Gasteiger partial charge in [0, 0.05) is 4.47 Å². The third-order valence-corrected chi connectivity index (χ3v) is 3.73. The number of carboxylic acids is 1. The van der Waals surface area contributed by atoms with Crippen molar-refractivity contribution in [3.63, 3.8) is 0 Å². The maximum Gasteiger partial charge on any atom is 0.437 e. The Kier molecular flexibility index (Phi) is 3.20. The molecule has 0 radical (unpaired) electrons. The molecule has 0 bridgehead atoms. The maximum absolute atomic E-state index is 12.6. The number of thiophene rings is 1. The van der Waals surface area contributed by atoms with E-state index in [1.807, 2.05) is 0 Å². The molecular formula is C9H3BrF3NO3S. The van der Waals surface area contributed by atoms with E-state index in [2.05, 4.69) is 25.3 Å². The van der Waals surface area contributed by atoms with Crippen LogP contribution < -0.4 is 0 Å². The van der Waals surface area contributed by atoms with E-state index in [1.54, 1.807) is 11.4 Å². The first-order valence-corrected chi connectivity index (χ1v) is 6.02. The predicted molar refractivity (Wildman–Crippen MR) is 59.5 cm³/mol. The number of rotatable bonds is 2. The number of carbonyl (C=O) groups is 1. The van der Waals surface area contributed by atoms with Gasteiger partial charge in [-0.1, -0.05) is 0 Å². The lowest BCUT2D eigenvalue weighted by atomic mass is 10.3. The molecule has 18 heavy (non-hydrogen) atoms. The first-order chi connectivity index (χ1) is 8.30. The molecule has 0 aliphatic carbocycles. The van der Waals surface area contributed by atoms with Crippen LogP contribution in [0, 0.1) is 0 Å². The van der Waals surface area contributed by atoms with Crippen molar-refractivity contribution in [2.45, 2.75) is 6.18 Å². The van der Waals surface area contributed by atoms with Crippen molar-refractivity contribution in [1.29, 1.82) is 0 Å². The normalized spacial score (nSPS) is 11.8. The Morgan fingerprint density at radius 1 is 1.50 bits per heavy atom. The molecule has 4 nitrogen and oxygen atoms in total. The third-order valence-electron chi connectivity index (χ3n) is 1.90. The van der Waals surface area contributed by atoms with E-state index < -0.39 is 23.6 Å². The number of carboxylic acid groups (broad SMARTS) is 1. The Balaban J connectivity index is 2.60. The van der Waals surface area contributed by atoms with Gasteiger partial charge in [-0.05, 0) is 27.4 Å². The molecule has 1 N–H and O–H groups in total. The van der Waals surface area contributed by atoms with Crippen molar-refractivity contribution >= 4 is 33.2 Å². The fourth-order valence-corrected chi connectivity index (χ4v) is 2.67. The quantitative estimate of drug-likeness (QED) is 0.900. The van der Waals surface area contributed by atoms with Crippen LogP contribution in [-0.4, -0.2) is 16.1 Å². The Bertz CT molecular complexity index is 604. The van der Waals surface area contributed by atoms with Crippen LogP contribution >= 0.6 is 27.3 Å². The number of hydrogen-bond donors (Lipinski definition) is 1. The van der Waals surface area contributed by atoms with E-state index in [1.165, 1.54) is 0 Å². The van der Waals surface area contributed by atoms with E-state index in [4.69, 9.17) is 5.11 Å². The molecule has 0 aliphatic heterocycles. The van der Waals surface area contributed by atoms with Crippen LogP contribution in [0.5, 0.6) is 0 Å². The molecule has 0 amide bonds. The molecule has 96 valence electrons. The van der Waals surface area contributed by atoms with Crippen molar-refractivity contribution in [2.24, 2.45) is 0 Å². The SMILES string of the molecule is O=C(O)c1oc(-c2sccc2Br)nc1C(F)(F)F. The van der Waals surface area contributed by atoms with Crippen molar-refractivity contribution in [3.8, 4) is 10.8 Å². The van der Waals surface area contributed by atoms with Crippen LogP contribution in [0.2, 0.25) is 0 Å². The van der Waals surface area contributed by atoms with E-state index in [-0.39, 0.29) is 5.89 Å². The highest BCUT2D eigenvalue weighted by Gasteiger charge is 2.41. The summed E-state index contributed by atoms with van der Waals surface area (Å²) in [6, 6.07) is 1.60. The summed E-state index contributed by atoms with van der Waals surface area (Å²) in [4.78, 5) is 14.2. The molecule has 2 rings (SSSR count). The lowest BCUT2D eigenvalue weighted by Crippen LogP contribution is -2.11. The molecule has 0 saturated carbocycles. The number of alkyl halides is 3. The largest absolute Gasteiger partial charge is 0.475 e. The zero-order valence-electron chi connectivity index (χ0n) is 8.29. The van der Waals surface area contributed by atoms with Crippen LogP contribution in [0.3, 0.4) is 0 Å². The molecule has 0 spiro atoms. The molecule has 2 heterocycles. The number of aromatic nitrogens is 1. The summed E-state index contributed by atoms with van der Waals surface area (Å²) < 4.78 is 42.9. The van der Waals surface area contributed by atoms with Crippen LogP contribution in [0.25, 0.3) is 10.8 Å². The minimum Gasteiger partial charge on any atom is -0.475 e. The van der Waals surface area contributed by atoms with E-state index in [9.17, 15) is 18.0 Å². The van der Waals surface area contributed by atoms with Crippen LogP contribution in [0.15, 0.2) is 20.3 Å². The van der Waals surface area contributed by atoms with Crippen LogP contribution in [0.4, 0.5) is 13.2 Å². The summed E-state index contributed by atoms with van der Waals surface area (Å²) in [6.07, 6.45) is -4.88. The summed E-state index contributed by atoms with van der Waals surface area (Å²) in [5.74, 6) is -3.40. The number of aromatic carboxylic acids is 1. The third kappa shape index (κ3) is 2.27. The van der Waals surface area contributed by atoms with Crippen molar-refractivity contribution in [1.82, 2.24) is 4.98 Å². The summed E-state index contributed by atoms with van der Waals surface area (Å²) in [5.41, 5.74) is -1.54. The average molecular weight is 342 g/mol. The second kappa shape index (κ2) is 4.39. The Labute approximate surface area is 110 Å². The zero-order valence-corrected chi connectivity index (χ0v) is 10.7. The standard InChI is InChI=1S/C9H3BrF3NO3S/c10-3-1-2-18-5(3)7-14-6(9(11,12)13)4(17-7)8(15)16/h1-2H,(H,15,16). The Morgan fingerprint density at radius 3 is 2.56 bits per heavy atom. The molecule has 0 aromatic carbocycles. The highest BCUT2D eigenvalue weighted by molar-refractivity contribution is 9.10. The number of hydrogen-bond acceptors (Lipinski definition) is 4. The summed E-state index contributed by atoms with van der Waals surface area (Å²) in [7, 11) is 0. The van der Waals surface area contributed by atoms with Crippen molar-refractivity contribution in [2.75, 3.05) is 0 Å². The van der Waals surface area contributed by atoms with Crippen LogP contribution in [0.1, 0.15) is 16.2 Å². The molecule has 0 fully saturated rings. The first kappa shape index (κ1) is 13.1. The molecular weight excluding hydrogens is 339 g/mol. The smallest absolute Gasteiger partial charge is 0.437 e. The van der Waals surface area contributed by atoms with Gasteiger partial charge in [0.05, 0.1) is 0 Å². The van der Waals surface area contributed by atoms with E-state index in [0.29, 0.717) is 9.35 Å². The highest BCUT2D eigenvalue weighted by Crippen LogP contribution is 2.38. The zero-order chi connectivity index (χ0) is 13.5. The van der Waals surface area contributed by atoms with Gasteiger partial charge in [-0.3, -0.25) is 0 Å². The number of oxazole rings is 1. The lowest BCUT2D eigenvalue weighted by molar-refractivity contribution is -0.141. The minimum absolute atomic E-state index is 0.299. The average Bonchev–Trinajstić information content (AvgIpc) is 2.81. The van der Waals surface area contributed by atoms with Crippen molar-refractivity contribution < 1.29 is 27.5 Å². The van der Waals surface area contributed by atoms with Gasteiger partial charge in [0.2, 0.25) is 11.7 Å². The monoisotopic (exact) mass is 341 g/mol. The molecule has 9 heteroatoms. The van der Waals surface area contributed by atoms with E-state index >= 15 is 0 Å². The van der Waals surface area contributed by atoms with Gasteiger partial charge in [0.25, 0.3) is 0 Å². The van der Waals surface area contributed by atoms with Gasteiger partial charge in [0.1, 0.15) is 4.88 Å². The Hall–Kier alpha value is -1.35. The molecule has 2 aromatic rings. The topological polar surface area (TPSA) is 63.3 Å².